The second-order valence-corrected chi connectivity index (χ2v) is 7.67. The monoisotopic (exact) mass is 393 g/mol. The van der Waals surface area contributed by atoms with Crippen LogP contribution in [0.15, 0.2) is 42.9 Å². The zero-order chi connectivity index (χ0) is 18.8. The summed E-state index contributed by atoms with van der Waals surface area (Å²) >= 11 is 2.58. The van der Waals surface area contributed by atoms with E-state index in [1.165, 1.54) is 11.5 Å². The molecule has 3 heterocycles. The summed E-state index contributed by atoms with van der Waals surface area (Å²) in [6.07, 6.45) is 5.37. The first-order valence-electron chi connectivity index (χ1n) is 8.27. The van der Waals surface area contributed by atoms with Gasteiger partial charge in [0.25, 0.3) is 0 Å². The Hall–Kier alpha value is -2.84. The van der Waals surface area contributed by atoms with E-state index in [0.29, 0.717) is 16.3 Å². The number of rotatable bonds is 5. The molecule has 0 aliphatic rings. The Morgan fingerprint density at radius 3 is 2.63 bits per heavy atom. The van der Waals surface area contributed by atoms with E-state index >= 15 is 0 Å². The largest absolute Gasteiger partial charge is 0.293 e. The molecule has 0 N–H and O–H groups in total. The molecule has 4 aromatic rings. The van der Waals surface area contributed by atoms with Crippen molar-refractivity contribution < 1.29 is 4.79 Å². The molecule has 0 aliphatic carbocycles. The molecule has 27 heavy (non-hydrogen) atoms. The Kier molecular flexibility index (Phi) is 4.83. The number of carbonyl (C=O) groups excluding carboxylic acids is 1. The molecule has 0 aliphatic heterocycles. The molecule has 6 nitrogen and oxygen atoms in total. The fourth-order valence-electron chi connectivity index (χ4n) is 2.73. The van der Waals surface area contributed by atoms with Gasteiger partial charge in [0.05, 0.1) is 34.6 Å². The van der Waals surface area contributed by atoms with Gasteiger partial charge >= 0.3 is 0 Å². The zero-order valence-electron chi connectivity index (χ0n) is 14.7. The Labute approximate surface area is 164 Å². The number of aromatic nitrogens is 5. The second kappa shape index (κ2) is 7.42. The first-order chi connectivity index (χ1) is 13.1. The fourth-order valence-corrected chi connectivity index (χ4v) is 3.91. The molecule has 0 saturated heterocycles. The van der Waals surface area contributed by atoms with Crippen LogP contribution >= 0.6 is 23.1 Å². The van der Waals surface area contributed by atoms with Gasteiger partial charge in [-0.15, -0.1) is 5.10 Å². The second-order valence-electron chi connectivity index (χ2n) is 6.09. The van der Waals surface area contributed by atoms with Gasteiger partial charge in [0.2, 0.25) is 0 Å². The molecule has 0 fully saturated rings. The van der Waals surface area contributed by atoms with Crippen LogP contribution in [0.4, 0.5) is 0 Å². The number of hydrogen-bond donors (Lipinski definition) is 0. The summed E-state index contributed by atoms with van der Waals surface area (Å²) < 4.78 is 7.97. The van der Waals surface area contributed by atoms with Gasteiger partial charge in [0, 0.05) is 18.0 Å². The summed E-state index contributed by atoms with van der Waals surface area (Å²) in [5.41, 5.74) is 5.32. The molecule has 0 unspecified atom stereocenters. The lowest BCUT2D eigenvalue weighted by Gasteiger charge is -2.08. The summed E-state index contributed by atoms with van der Waals surface area (Å²) in [4.78, 5) is 23.0. The molecular weight excluding hydrogens is 378 g/mol. The van der Waals surface area contributed by atoms with Crippen LogP contribution in [0.5, 0.6) is 0 Å². The minimum absolute atomic E-state index is 0.0343. The van der Waals surface area contributed by atoms with Crippen molar-refractivity contribution >= 4 is 28.8 Å². The van der Waals surface area contributed by atoms with Crippen molar-refractivity contribution in [1.29, 1.82) is 0 Å². The molecule has 0 radical (unpaired) electrons. The van der Waals surface area contributed by atoms with Crippen LogP contribution in [-0.4, -0.2) is 29.7 Å². The predicted octanol–water partition coefficient (Wildman–Crippen LogP) is 4.16. The number of ketones is 1. The molecule has 3 aromatic heterocycles. The number of carbonyl (C=O) groups is 1. The Morgan fingerprint density at radius 2 is 1.96 bits per heavy atom. The van der Waals surface area contributed by atoms with Gasteiger partial charge < -0.3 is 0 Å². The fraction of sp³-hybridized carbons (Fsp3) is 0.158. The van der Waals surface area contributed by atoms with Crippen molar-refractivity contribution in [3.63, 3.8) is 0 Å². The van der Waals surface area contributed by atoms with Crippen molar-refractivity contribution in [2.75, 3.05) is 0 Å². The van der Waals surface area contributed by atoms with Gasteiger partial charge in [-0.3, -0.25) is 14.8 Å². The Bertz CT molecular complexity index is 1090. The molecule has 4 rings (SSSR count). The number of hydrogen-bond acceptors (Lipinski definition) is 8. The van der Waals surface area contributed by atoms with E-state index in [1.807, 2.05) is 13.0 Å². The van der Waals surface area contributed by atoms with Crippen molar-refractivity contribution in [2.45, 2.75) is 20.3 Å². The zero-order valence-corrected chi connectivity index (χ0v) is 16.3. The maximum absolute atomic E-state index is 12.3. The third kappa shape index (κ3) is 3.67. The molecule has 0 spiro atoms. The van der Waals surface area contributed by atoms with Crippen molar-refractivity contribution in [3.05, 3.63) is 64.7 Å². The quantitative estimate of drug-likeness (QED) is 0.474. The maximum atomic E-state index is 12.3. The van der Waals surface area contributed by atoms with Crippen molar-refractivity contribution in [3.8, 4) is 21.7 Å². The smallest absolute Gasteiger partial charge is 0.182 e. The normalized spacial score (nSPS) is 10.9. The molecular formula is C19H15N5OS2. The lowest BCUT2D eigenvalue weighted by atomic mass is 10.0. The number of Topliss-reactive ketones (excluding diaryl/α,β-unsaturated/α-hetero) is 1. The molecule has 134 valence electrons. The number of aryl methyl sites for hydroxylation is 2. The summed E-state index contributed by atoms with van der Waals surface area (Å²) in [5, 5.41) is 3.88. The highest BCUT2D eigenvalue weighted by molar-refractivity contribution is 7.09. The van der Waals surface area contributed by atoms with Gasteiger partial charge in [-0.25, -0.2) is 4.37 Å². The molecule has 0 saturated carbocycles. The average molecular weight is 393 g/mol. The molecule has 0 bridgehead atoms. The minimum Gasteiger partial charge on any atom is -0.293 e. The van der Waals surface area contributed by atoms with Crippen LogP contribution < -0.4 is 0 Å². The van der Waals surface area contributed by atoms with Gasteiger partial charge in [0.1, 0.15) is 4.88 Å². The summed E-state index contributed by atoms with van der Waals surface area (Å²) in [7, 11) is 0. The topological polar surface area (TPSA) is 81.5 Å². The first kappa shape index (κ1) is 17.6. The highest BCUT2D eigenvalue weighted by Gasteiger charge is 2.15. The highest BCUT2D eigenvalue weighted by atomic mass is 32.1. The van der Waals surface area contributed by atoms with Gasteiger partial charge in [0.15, 0.2) is 5.78 Å². The standard InChI is InChI=1S/C19H15N5OS2/c1-11-3-4-13(18-5-6-22-26-18)7-15(11)16-10-20-14(9-21-16)8-17(25)19-12(2)23-24-27-19/h3-7,9-10H,8H2,1-2H3. The van der Waals surface area contributed by atoms with E-state index in [-0.39, 0.29) is 12.2 Å². The van der Waals surface area contributed by atoms with Crippen LogP contribution in [0, 0.1) is 13.8 Å². The van der Waals surface area contributed by atoms with Crippen LogP contribution in [0.3, 0.4) is 0 Å². The minimum atomic E-state index is -0.0343. The summed E-state index contributed by atoms with van der Waals surface area (Å²) in [6, 6.07) is 8.25. The SMILES string of the molecule is Cc1ccc(-c2ccns2)cc1-c1cnc(CC(=O)c2snnc2C)cn1. The molecule has 1 aromatic carbocycles. The van der Waals surface area contributed by atoms with E-state index in [4.69, 9.17) is 0 Å². The van der Waals surface area contributed by atoms with E-state index < -0.39 is 0 Å². The molecule has 0 atom stereocenters. The predicted molar refractivity (Wildman–Crippen MR) is 106 cm³/mol. The van der Waals surface area contributed by atoms with E-state index in [9.17, 15) is 4.79 Å². The third-order valence-electron chi connectivity index (χ3n) is 4.19. The van der Waals surface area contributed by atoms with Crippen LogP contribution in [-0.2, 0) is 6.42 Å². The van der Waals surface area contributed by atoms with Crippen LogP contribution in [0.1, 0.15) is 26.6 Å². The first-order valence-corrected chi connectivity index (χ1v) is 9.81. The third-order valence-corrected chi connectivity index (χ3v) is 5.85. The van der Waals surface area contributed by atoms with Crippen molar-refractivity contribution in [1.82, 2.24) is 23.9 Å². The van der Waals surface area contributed by atoms with Crippen LogP contribution in [0.25, 0.3) is 21.7 Å². The van der Waals surface area contributed by atoms with Gasteiger partial charge in [-0.2, -0.15) is 0 Å². The molecule has 0 amide bonds. The molecule has 8 heteroatoms. The highest BCUT2D eigenvalue weighted by Crippen LogP contribution is 2.29. The van der Waals surface area contributed by atoms with Crippen molar-refractivity contribution in [2.24, 2.45) is 0 Å². The Balaban J connectivity index is 1.58. The summed E-state index contributed by atoms with van der Waals surface area (Å²) in [5.74, 6) is -0.0343. The lowest BCUT2D eigenvalue weighted by Crippen LogP contribution is -2.05. The lowest BCUT2D eigenvalue weighted by molar-refractivity contribution is 0.0995. The average Bonchev–Trinajstić information content (AvgIpc) is 3.35. The van der Waals surface area contributed by atoms with Gasteiger partial charge in [-0.1, -0.05) is 16.6 Å². The maximum Gasteiger partial charge on any atom is 0.182 e. The summed E-state index contributed by atoms with van der Waals surface area (Å²) in [6.45, 7) is 3.83. The van der Waals surface area contributed by atoms with E-state index in [0.717, 1.165) is 38.8 Å². The van der Waals surface area contributed by atoms with E-state index in [1.54, 1.807) is 25.5 Å². The van der Waals surface area contributed by atoms with E-state index in [2.05, 4.69) is 42.1 Å². The Morgan fingerprint density at radius 1 is 1.07 bits per heavy atom. The van der Waals surface area contributed by atoms with Gasteiger partial charge in [-0.05, 0) is 60.2 Å². The van der Waals surface area contributed by atoms with Crippen LogP contribution in [0.2, 0.25) is 0 Å². The number of nitrogens with zero attached hydrogens (tertiary/aromatic N) is 5. The number of benzene rings is 1.